The van der Waals surface area contributed by atoms with Crippen molar-refractivity contribution in [3.05, 3.63) is 24.0 Å². The second kappa shape index (κ2) is 7.22. The molecule has 2 N–H and O–H groups in total. The molecule has 0 radical (unpaired) electrons. The number of nitrogens with one attached hydrogen (secondary N) is 2. The Morgan fingerprint density at radius 3 is 2.70 bits per heavy atom. The average Bonchev–Trinajstić information content (AvgIpc) is 2.38. The van der Waals surface area contributed by atoms with Gasteiger partial charge in [0.25, 0.3) is 5.91 Å². The lowest BCUT2D eigenvalue weighted by Gasteiger charge is -2.14. The van der Waals surface area contributed by atoms with E-state index < -0.39 is 17.9 Å². The zero-order valence-electron chi connectivity index (χ0n) is 11.6. The topological polar surface area (TPSA) is 97.4 Å². The first-order valence-electron chi connectivity index (χ1n) is 6.04. The molecule has 0 saturated heterocycles. The SMILES string of the molecule is COC(=O)C[C@H](C)NC(=O)c1ncccc1NC(C)=O. The van der Waals surface area contributed by atoms with Crippen LogP contribution in [0.5, 0.6) is 0 Å². The Bertz CT molecular complexity index is 516. The van der Waals surface area contributed by atoms with Gasteiger partial charge >= 0.3 is 5.97 Å². The molecule has 0 unspecified atom stereocenters. The van der Waals surface area contributed by atoms with Gasteiger partial charge in [-0.25, -0.2) is 4.98 Å². The van der Waals surface area contributed by atoms with Crippen LogP contribution in [0.15, 0.2) is 18.3 Å². The second-order valence-electron chi connectivity index (χ2n) is 4.24. The summed E-state index contributed by atoms with van der Waals surface area (Å²) in [5.74, 6) is -1.18. The molecule has 2 amide bonds. The van der Waals surface area contributed by atoms with E-state index in [4.69, 9.17) is 0 Å². The highest BCUT2D eigenvalue weighted by Crippen LogP contribution is 2.12. The molecule has 0 saturated carbocycles. The molecule has 7 nitrogen and oxygen atoms in total. The number of hydrogen-bond acceptors (Lipinski definition) is 5. The molecule has 1 heterocycles. The number of rotatable bonds is 5. The molecular formula is C13H17N3O4. The number of nitrogens with zero attached hydrogens (tertiary/aromatic N) is 1. The van der Waals surface area contributed by atoms with Crippen LogP contribution >= 0.6 is 0 Å². The lowest BCUT2D eigenvalue weighted by molar-refractivity contribution is -0.141. The van der Waals surface area contributed by atoms with Crippen LogP contribution < -0.4 is 10.6 Å². The number of esters is 1. The van der Waals surface area contributed by atoms with Crippen molar-refractivity contribution in [1.82, 2.24) is 10.3 Å². The van der Waals surface area contributed by atoms with Crippen LogP contribution in [0.2, 0.25) is 0 Å². The van der Waals surface area contributed by atoms with Gasteiger partial charge in [-0.2, -0.15) is 0 Å². The number of anilines is 1. The van der Waals surface area contributed by atoms with Crippen molar-refractivity contribution in [2.24, 2.45) is 0 Å². The van der Waals surface area contributed by atoms with E-state index in [2.05, 4.69) is 20.4 Å². The highest BCUT2D eigenvalue weighted by molar-refractivity contribution is 6.01. The predicted octanol–water partition coefficient (Wildman–Crippen LogP) is 0.721. The third-order valence-corrected chi connectivity index (χ3v) is 2.41. The summed E-state index contributed by atoms with van der Waals surface area (Å²) in [4.78, 5) is 38.2. The van der Waals surface area contributed by atoms with Crippen LogP contribution in [0, 0.1) is 0 Å². The lowest BCUT2D eigenvalue weighted by Crippen LogP contribution is -2.35. The van der Waals surface area contributed by atoms with E-state index >= 15 is 0 Å². The van der Waals surface area contributed by atoms with Crippen LogP contribution in [0.25, 0.3) is 0 Å². The first-order valence-corrected chi connectivity index (χ1v) is 6.04. The van der Waals surface area contributed by atoms with Gasteiger partial charge in [-0.05, 0) is 19.1 Å². The number of pyridine rings is 1. The molecule has 0 aromatic carbocycles. The van der Waals surface area contributed by atoms with Crippen LogP contribution in [0.3, 0.4) is 0 Å². The van der Waals surface area contributed by atoms with E-state index in [0.717, 1.165) is 0 Å². The van der Waals surface area contributed by atoms with Crippen molar-refractivity contribution in [2.75, 3.05) is 12.4 Å². The van der Waals surface area contributed by atoms with Crippen LogP contribution in [-0.2, 0) is 14.3 Å². The molecule has 7 heteroatoms. The van der Waals surface area contributed by atoms with E-state index in [1.54, 1.807) is 19.1 Å². The molecule has 1 aromatic heterocycles. The van der Waals surface area contributed by atoms with Crippen molar-refractivity contribution < 1.29 is 19.1 Å². The number of hydrogen-bond donors (Lipinski definition) is 2. The molecule has 1 rings (SSSR count). The standard InChI is InChI=1S/C13H17N3O4/c1-8(7-11(18)20-3)15-13(19)12-10(16-9(2)17)5-4-6-14-12/h4-6,8H,7H2,1-3H3,(H,15,19)(H,16,17)/t8-/m0/s1. The van der Waals surface area contributed by atoms with Gasteiger partial charge in [0, 0.05) is 19.2 Å². The number of aromatic nitrogens is 1. The fourth-order valence-corrected chi connectivity index (χ4v) is 1.55. The molecular weight excluding hydrogens is 262 g/mol. The zero-order valence-corrected chi connectivity index (χ0v) is 11.6. The Labute approximate surface area is 116 Å². The molecule has 0 fully saturated rings. The Morgan fingerprint density at radius 2 is 2.10 bits per heavy atom. The van der Waals surface area contributed by atoms with Gasteiger partial charge < -0.3 is 15.4 Å². The minimum atomic E-state index is -0.467. The summed E-state index contributed by atoms with van der Waals surface area (Å²) in [7, 11) is 1.28. The van der Waals surface area contributed by atoms with E-state index in [9.17, 15) is 14.4 Å². The molecule has 0 spiro atoms. The highest BCUT2D eigenvalue weighted by Gasteiger charge is 2.17. The molecule has 1 atom stereocenters. The van der Waals surface area contributed by atoms with E-state index in [-0.39, 0.29) is 18.0 Å². The Hall–Kier alpha value is -2.44. The second-order valence-corrected chi connectivity index (χ2v) is 4.24. The van der Waals surface area contributed by atoms with E-state index in [0.29, 0.717) is 5.69 Å². The largest absolute Gasteiger partial charge is 0.469 e. The Balaban J connectivity index is 2.77. The first-order chi connectivity index (χ1) is 9.43. The summed E-state index contributed by atoms with van der Waals surface area (Å²) >= 11 is 0. The van der Waals surface area contributed by atoms with Crippen molar-refractivity contribution in [1.29, 1.82) is 0 Å². The quantitative estimate of drug-likeness (QED) is 0.774. The van der Waals surface area contributed by atoms with E-state index in [1.807, 2.05) is 0 Å². The smallest absolute Gasteiger partial charge is 0.307 e. The highest BCUT2D eigenvalue weighted by atomic mass is 16.5. The molecule has 1 aromatic rings. The first kappa shape index (κ1) is 15.6. The fraction of sp³-hybridized carbons (Fsp3) is 0.385. The van der Waals surface area contributed by atoms with Crippen molar-refractivity contribution in [3.63, 3.8) is 0 Å². The van der Waals surface area contributed by atoms with E-state index in [1.165, 1.54) is 20.2 Å². The molecule has 20 heavy (non-hydrogen) atoms. The summed E-state index contributed by atoms with van der Waals surface area (Å²) in [6.45, 7) is 3.02. The Morgan fingerprint density at radius 1 is 1.40 bits per heavy atom. The Kier molecular flexibility index (Phi) is 5.64. The van der Waals surface area contributed by atoms with Crippen molar-refractivity contribution >= 4 is 23.5 Å². The minimum Gasteiger partial charge on any atom is -0.469 e. The summed E-state index contributed by atoms with van der Waals surface area (Å²) in [6.07, 6.45) is 1.51. The molecule has 0 aliphatic heterocycles. The maximum absolute atomic E-state index is 12.1. The van der Waals surface area contributed by atoms with Gasteiger partial charge in [0.05, 0.1) is 19.2 Å². The molecule has 0 aliphatic carbocycles. The third-order valence-electron chi connectivity index (χ3n) is 2.41. The number of amides is 2. The fourth-order valence-electron chi connectivity index (χ4n) is 1.55. The van der Waals surface area contributed by atoms with Gasteiger partial charge in [0.1, 0.15) is 0 Å². The summed E-state index contributed by atoms with van der Waals surface area (Å²) in [6, 6.07) is 2.79. The zero-order chi connectivity index (χ0) is 15.1. The van der Waals surface area contributed by atoms with Gasteiger partial charge in [0.15, 0.2) is 5.69 Å². The molecule has 0 bridgehead atoms. The monoisotopic (exact) mass is 279 g/mol. The number of carbonyl (C=O) groups is 3. The summed E-state index contributed by atoms with van der Waals surface area (Å²) in [5, 5.41) is 5.15. The van der Waals surface area contributed by atoms with Gasteiger partial charge in [-0.3, -0.25) is 14.4 Å². The van der Waals surface area contributed by atoms with Gasteiger partial charge in [0.2, 0.25) is 5.91 Å². The average molecular weight is 279 g/mol. The minimum absolute atomic E-state index is 0.0601. The predicted molar refractivity (Wildman–Crippen MR) is 72.1 cm³/mol. The number of methoxy groups -OCH3 is 1. The maximum Gasteiger partial charge on any atom is 0.307 e. The van der Waals surface area contributed by atoms with Crippen molar-refractivity contribution in [3.8, 4) is 0 Å². The normalized spacial score (nSPS) is 11.3. The lowest BCUT2D eigenvalue weighted by atomic mass is 10.2. The number of ether oxygens (including phenoxy) is 1. The van der Waals surface area contributed by atoms with Crippen LogP contribution in [0.4, 0.5) is 5.69 Å². The van der Waals surface area contributed by atoms with Crippen LogP contribution in [0.1, 0.15) is 30.8 Å². The maximum atomic E-state index is 12.1. The van der Waals surface area contributed by atoms with Gasteiger partial charge in [-0.1, -0.05) is 0 Å². The third kappa shape index (κ3) is 4.68. The number of carbonyl (C=O) groups excluding carboxylic acids is 3. The molecule has 0 aliphatic rings. The molecule has 108 valence electrons. The van der Waals surface area contributed by atoms with Gasteiger partial charge in [-0.15, -0.1) is 0 Å². The van der Waals surface area contributed by atoms with Crippen molar-refractivity contribution in [2.45, 2.75) is 26.3 Å². The summed E-state index contributed by atoms with van der Waals surface area (Å²) < 4.78 is 4.52. The van der Waals surface area contributed by atoms with Crippen LogP contribution in [-0.4, -0.2) is 35.9 Å². The summed E-state index contributed by atoms with van der Waals surface area (Å²) in [5.41, 5.74) is 0.419.